The van der Waals surface area contributed by atoms with Crippen molar-refractivity contribution in [3.63, 3.8) is 0 Å². The second-order valence-corrected chi connectivity index (χ2v) is 9.03. The first-order valence-electron chi connectivity index (χ1n) is 11.3. The molecule has 2 heterocycles. The summed E-state index contributed by atoms with van der Waals surface area (Å²) in [6.45, 7) is 0. The Morgan fingerprint density at radius 3 is 2.64 bits per heavy atom. The molecule has 33 heavy (non-hydrogen) atoms. The number of amides is 1. The minimum Gasteiger partial charge on any atom is -0.325 e. The summed E-state index contributed by atoms with van der Waals surface area (Å²) in [6, 6.07) is 15.6. The number of carbonyl (C=O) groups is 2. The van der Waals surface area contributed by atoms with Gasteiger partial charge in [-0.2, -0.15) is 0 Å². The van der Waals surface area contributed by atoms with Gasteiger partial charge >= 0.3 is 0 Å². The van der Waals surface area contributed by atoms with E-state index in [9.17, 15) is 9.59 Å². The van der Waals surface area contributed by atoms with E-state index in [4.69, 9.17) is 4.98 Å². The molecule has 1 aliphatic heterocycles. The third kappa shape index (κ3) is 4.36. The molecule has 0 bridgehead atoms. The van der Waals surface area contributed by atoms with Gasteiger partial charge in [-0.25, -0.2) is 9.97 Å². The van der Waals surface area contributed by atoms with Crippen molar-refractivity contribution in [1.82, 2.24) is 14.9 Å². The van der Waals surface area contributed by atoms with E-state index in [2.05, 4.69) is 34.6 Å². The van der Waals surface area contributed by atoms with Crippen molar-refractivity contribution in [2.45, 2.75) is 31.7 Å². The first kappa shape index (κ1) is 21.3. The van der Waals surface area contributed by atoms with Gasteiger partial charge in [0.15, 0.2) is 5.78 Å². The van der Waals surface area contributed by atoms with Gasteiger partial charge in [-0.15, -0.1) is 0 Å². The van der Waals surface area contributed by atoms with E-state index >= 15 is 0 Å². The summed E-state index contributed by atoms with van der Waals surface area (Å²) in [5, 5.41) is 6.15. The van der Waals surface area contributed by atoms with Gasteiger partial charge in [-0.3, -0.25) is 9.59 Å². The molecule has 0 radical (unpaired) electrons. The van der Waals surface area contributed by atoms with Gasteiger partial charge in [-0.05, 0) is 63.7 Å². The average molecular weight is 442 g/mol. The zero-order valence-corrected chi connectivity index (χ0v) is 18.8. The minimum atomic E-state index is -0.0788. The number of hydrogen-bond acceptors (Lipinski definition) is 6. The van der Waals surface area contributed by atoms with E-state index in [1.807, 2.05) is 48.5 Å². The van der Waals surface area contributed by atoms with E-state index in [1.54, 1.807) is 6.20 Å². The Morgan fingerprint density at radius 2 is 1.88 bits per heavy atom. The maximum atomic E-state index is 12.9. The molecule has 1 fully saturated rings. The normalized spacial score (nSPS) is 19.4. The number of nitrogens with one attached hydrogen (secondary N) is 2. The van der Waals surface area contributed by atoms with Crippen molar-refractivity contribution < 1.29 is 9.59 Å². The Morgan fingerprint density at radius 1 is 1.09 bits per heavy atom. The van der Waals surface area contributed by atoms with Crippen LogP contribution in [0.3, 0.4) is 0 Å². The fourth-order valence-corrected chi connectivity index (χ4v) is 4.74. The monoisotopic (exact) mass is 441 g/mol. The summed E-state index contributed by atoms with van der Waals surface area (Å²) < 4.78 is 0. The molecule has 1 aromatic heterocycles. The molecule has 1 amide bonds. The van der Waals surface area contributed by atoms with Crippen molar-refractivity contribution in [3.8, 4) is 11.3 Å². The Bertz CT molecular complexity index is 1210. The molecular formula is C26H27N5O2. The highest BCUT2D eigenvalue weighted by atomic mass is 16.1. The lowest BCUT2D eigenvalue weighted by Gasteiger charge is -2.18. The standard InChI is InChI=1S/C26H27N5O2/c1-31(2)20-12-9-17(13-20)25(33)16-7-10-19(11-8-16)28-26-27-15-18-14-23(32)29-22-6-4-3-5-21(22)24(18)30-26/h3-8,10-11,15,17,20H,9,12-14H2,1-2H3,(H,29,32)(H,27,28,30)/t17?,20-/m1/s1. The molecule has 2 N–H and O–H groups in total. The SMILES string of the molecule is CN(C)[C@@H]1CCC(C(=O)c2ccc(Nc3ncc4c(n3)-c3ccccc3NC(=O)C4)cc2)C1. The van der Waals surface area contributed by atoms with Crippen LogP contribution in [0.2, 0.25) is 0 Å². The van der Waals surface area contributed by atoms with E-state index < -0.39 is 0 Å². The number of para-hydroxylation sites is 1. The summed E-state index contributed by atoms with van der Waals surface area (Å²) in [7, 11) is 4.16. The van der Waals surface area contributed by atoms with Crippen molar-refractivity contribution in [1.29, 1.82) is 0 Å². The van der Waals surface area contributed by atoms with E-state index in [1.165, 1.54) is 0 Å². The number of Topliss-reactive ketones (excluding diaryl/α,β-unsaturated/α-hetero) is 1. The molecule has 0 spiro atoms. The average Bonchev–Trinajstić information content (AvgIpc) is 3.26. The number of fused-ring (bicyclic) bond motifs is 3. The topological polar surface area (TPSA) is 87.2 Å². The number of rotatable bonds is 5. The van der Waals surface area contributed by atoms with Crippen LogP contribution in [0.25, 0.3) is 11.3 Å². The van der Waals surface area contributed by atoms with Gasteiger partial charge in [0.1, 0.15) is 0 Å². The molecule has 1 unspecified atom stereocenters. The molecule has 3 aromatic rings. The molecule has 1 saturated carbocycles. The van der Waals surface area contributed by atoms with Gasteiger partial charge in [-0.1, -0.05) is 18.2 Å². The van der Waals surface area contributed by atoms with Gasteiger partial charge in [0.05, 0.1) is 17.8 Å². The second-order valence-electron chi connectivity index (χ2n) is 9.03. The van der Waals surface area contributed by atoms with Gasteiger partial charge in [0, 0.05) is 40.5 Å². The van der Waals surface area contributed by atoms with Crippen molar-refractivity contribution in [2.75, 3.05) is 24.7 Å². The van der Waals surface area contributed by atoms with Gasteiger partial charge < -0.3 is 15.5 Å². The summed E-state index contributed by atoms with van der Waals surface area (Å²) in [5.41, 5.74) is 4.70. The maximum absolute atomic E-state index is 12.9. The zero-order chi connectivity index (χ0) is 22.9. The molecule has 7 nitrogen and oxygen atoms in total. The Labute approximate surface area is 193 Å². The molecule has 2 aromatic carbocycles. The Balaban J connectivity index is 1.34. The number of carbonyl (C=O) groups excluding carboxylic acids is 2. The first-order chi connectivity index (χ1) is 16.0. The highest BCUT2D eigenvalue weighted by Gasteiger charge is 2.31. The molecule has 2 aliphatic rings. The molecule has 5 rings (SSSR count). The van der Waals surface area contributed by atoms with Crippen LogP contribution in [0.15, 0.2) is 54.7 Å². The third-order valence-corrected chi connectivity index (χ3v) is 6.60. The van der Waals surface area contributed by atoms with Crippen molar-refractivity contribution in [2.24, 2.45) is 5.92 Å². The van der Waals surface area contributed by atoms with E-state index in [0.717, 1.165) is 53.0 Å². The quantitative estimate of drug-likeness (QED) is 0.574. The molecule has 2 atom stereocenters. The van der Waals surface area contributed by atoms with Crippen LogP contribution in [0, 0.1) is 5.92 Å². The van der Waals surface area contributed by atoms with E-state index in [-0.39, 0.29) is 24.0 Å². The lowest BCUT2D eigenvalue weighted by Crippen LogP contribution is -2.25. The second kappa shape index (κ2) is 8.75. The number of aromatic nitrogens is 2. The summed E-state index contributed by atoms with van der Waals surface area (Å²) in [5.74, 6) is 0.688. The number of nitrogens with zero attached hydrogens (tertiary/aromatic N) is 3. The van der Waals surface area contributed by atoms with Crippen LogP contribution in [-0.2, 0) is 11.2 Å². The van der Waals surface area contributed by atoms with Crippen LogP contribution in [0.1, 0.15) is 35.2 Å². The van der Waals surface area contributed by atoms with Crippen LogP contribution in [0.5, 0.6) is 0 Å². The maximum Gasteiger partial charge on any atom is 0.228 e. The Kier molecular flexibility index (Phi) is 5.64. The fraction of sp³-hybridized carbons (Fsp3) is 0.308. The first-order valence-corrected chi connectivity index (χ1v) is 11.3. The zero-order valence-electron chi connectivity index (χ0n) is 18.8. The van der Waals surface area contributed by atoms with Gasteiger partial charge in [0.2, 0.25) is 11.9 Å². The van der Waals surface area contributed by atoms with Crippen LogP contribution >= 0.6 is 0 Å². The smallest absolute Gasteiger partial charge is 0.228 e. The third-order valence-electron chi connectivity index (χ3n) is 6.60. The van der Waals surface area contributed by atoms with Crippen LogP contribution in [0.4, 0.5) is 17.3 Å². The molecular weight excluding hydrogens is 414 g/mol. The summed E-state index contributed by atoms with van der Waals surface area (Å²) in [6.07, 6.45) is 4.88. The molecule has 0 saturated heterocycles. The largest absolute Gasteiger partial charge is 0.325 e. The molecule has 7 heteroatoms. The van der Waals surface area contributed by atoms with Crippen molar-refractivity contribution >= 4 is 29.0 Å². The predicted molar refractivity (Wildman–Crippen MR) is 129 cm³/mol. The Hall–Kier alpha value is -3.58. The lowest BCUT2D eigenvalue weighted by molar-refractivity contribution is -0.115. The number of hydrogen-bond donors (Lipinski definition) is 2. The van der Waals surface area contributed by atoms with Crippen LogP contribution < -0.4 is 10.6 Å². The molecule has 168 valence electrons. The van der Waals surface area contributed by atoms with Gasteiger partial charge in [0.25, 0.3) is 0 Å². The number of benzene rings is 2. The lowest BCUT2D eigenvalue weighted by atomic mass is 9.96. The van der Waals surface area contributed by atoms with E-state index in [0.29, 0.717) is 12.0 Å². The highest BCUT2D eigenvalue weighted by Crippen LogP contribution is 2.33. The predicted octanol–water partition coefficient (Wildman–Crippen LogP) is 4.29. The summed E-state index contributed by atoms with van der Waals surface area (Å²) >= 11 is 0. The molecule has 1 aliphatic carbocycles. The highest BCUT2D eigenvalue weighted by molar-refractivity contribution is 6.00. The number of anilines is 3. The van der Waals surface area contributed by atoms with Crippen molar-refractivity contribution in [3.05, 3.63) is 65.9 Å². The minimum absolute atomic E-state index is 0.0788. The fourth-order valence-electron chi connectivity index (χ4n) is 4.74. The number of ketones is 1. The van der Waals surface area contributed by atoms with Crippen LogP contribution in [-0.4, -0.2) is 46.7 Å². The summed E-state index contributed by atoms with van der Waals surface area (Å²) in [4.78, 5) is 36.5.